The first-order chi connectivity index (χ1) is 13.7. The van der Waals surface area contributed by atoms with Crippen molar-refractivity contribution in [3.05, 3.63) is 53.9 Å². The Morgan fingerprint density at radius 2 is 1.71 bits per heavy atom. The van der Waals surface area contributed by atoms with E-state index in [0.29, 0.717) is 18.8 Å². The highest BCUT2D eigenvalue weighted by molar-refractivity contribution is 6.03. The van der Waals surface area contributed by atoms with Crippen molar-refractivity contribution in [2.75, 3.05) is 43.6 Å². The third kappa shape index (κ3) is 5.29. The molecule has 148 valence electrons. The van der Waals surface area contributed by atoms with Crippen molar-refractivity contribution in [3.8, 4) is 0 Å². The van der Waals surface area contributed by atoms with Crippen LogP contribution in [0.25, 0.3) is 0 Å². The van der Waals surface area contributed by atoms with Gasteiger partial charge in [-0.15, -0.1) is 0 Å². The van der Waals surface area contributed by atoms with E-state index in [0.717, 1.165) is 19.5 Å². The van der Waals surface area contributed by atoms with E-state index in [1.54, 1.807) is 25.3 Å². The van der Waals surface area contributed by atoms with Gasteiger partial charge in [0.05, 0.1) is 0 Å². The fourth-order valence-corrected chi connectivity index (χ4v) is 3.12. The zero-order valence-electron chi connectivity index (χ0n) is 16.1. The summed E-state index contributed by atoms with van der Waals surface area (Å²) in [5, 5.41) is 5.60. The van der Waals surface area contributed by atoms with Crippen molar-refractivity contribution in [1.82, 2.24) is 10.3 Å². The molecule has 2 aromatic rings. The highest BCUT2D eigenvalue weighted by Gasteiger charge is 2.14. The van der Waals surface area contributed by atoms with Gasteiger partial charge >= 0.3 is 0 Å². The van der Waals surface area contributed by atoms with Gasteiger partial charge in [-0.1, -0.05) is 6.07 Å². The maximum absolute atomic E-state index is 12.5. The molecule has 1 aliphatic rings. The Balaban J connectivity index is 1.58. The number of amides is 2. The van der Waals surface area contributed by atoms with E-state index in [1.807, 2.05) is 24.3 Å². The van der Waals surface area contributed by atoms with E-state index in [1.165, 1.54) is 18.5 Å². The maximum Gasteiger partial charge on any atom is 0.274 e. The Morgan fingerprint density at radius 1 is 1.04 bits per heavy atom. The third-order valence-electron chi connectivity index (χ3n) is 4.62. The SMILES string of the molecule is COCCCNC(=O)c1cccc(C(=O)Nc2ccc(N3CCCC3)cc2)n1. The van der Waals surface area contributed by atoms with Gasteiger partial charge in [0.25, 0.3) is 11.8 Å². The molecule has 0 spiro atoms. The van der Waals surface area contributed by atoms with Crippen LogP contribution in [0.3, 0.4) is 0 Å². The van der Waals surface area contributed by atoms with E-state index in [-0.39, 0.29) is 23.2 Å². The van der Waals surface area contributed by atoms with E-state index < -0.39 is 0 Å². The first-order valence-corrected chi connectivity index (χ1v) is 9.58. The minimum absolute atomic E-state index is 0.202. The molecule has 0 saturated carbocycles. The summed E-state index contributed by atoms with van der Waals surface area (Å²) in [7, 11) is 1.62. The quantitative estimate of drug-likeness (QED) is 0.686. The van der Waals surface area contributed by atoms with E-state index in [4.69, 9.17) is 4.74 Å². The van der Waals surface area contributed by atoms with Crippen LogP contribution < -0.4 is 15.5 Å². The van der Waals surface area contributed by atoms with Crippen LogP contribution in [0.1, 0.15) is 40.2 Å². The van der Waals surface area contributed by atoms with Gasteiger partial charge in [-0.05, 0) is 55.7 Å². The molecule has 1 aromatic carbocycles. The van der Waals surface area contributed by atoms with Gasteiger partial charge in [-0.2, -0.15) is 0 Å². The summed E-state index contributed by atoms with van der Waals surface area (Å²) in [5.41, 5.74) is 2.28. The molecule has 0 bridgehead atoms. The molecule has 1 aliphatic heterocycles. The van der Waals surface area contributed by atoms with Crippen molar-refractivity contribution < 1.29 is 14.3 Å². The monoisotopic (exact) mass is 382 g/mol. The fraction of sp³-hybridized carbons (Fsp3) is 0.381. The van der Waals surface area contributed by atoms with Crippen molar-refractivity contribution in [1.29, 1.82) is 0 Å². The van der Waals surface area contributed by atoms with Crippen molar-refractivity contribution in [3.63, 3.8) is 0 Å². The highest BCUT2D eigenvalue weighted by Crippen LogP contribution is 2.22. The van der Waals surface area contributed by atoms with Crippen LogP contribution in [0.5, 0.6) is 0 Å². The maximum atomic E-state index is 12.5. The molecule has 2 heterocycles. The number of methoxy groups -OCH3 is 1. The number of anilines is 2. The number of benzene rings is 1. The number of hydrogen-bond donors (Lipinski definition) is 2. The molecule has 3 rings (SSSR count). The minimum Gasteiger partial charge on any atom is -0.385 e. The molecule has 1 saturated heterocycles. The minimum atomic E-state index is -0.344. The molecule has 0 radical (unpaired) electrons. The van der Waals surface area contributed by atoms with Gasteiger partial charge in [0.15, 0.2) is 0 Å². The Hall–Kier alpha value is -2.93. The Kier molecular flexibility index (Phi) is 6.97. The van der Waals surface area contributed by atoms with Gasteiger partial charge < -0.3 is 20.3 Å². The van der Waals surface area contributed by atoms with Crippen molar-refractivity contribution >= 4 is 23.2 Å². The smallest absolute Gasteiger partial charge is 0.274 e. The number of ether oxygens (including phenoxy) is 1. The highest BCUT2D eigenvalue weighted by atomic mass is 16.5. The van der Waals surface area contributed by atoms with Crippen LogP contribution in [0, 0.1) is 0 Å². The largest absolute Gasteiger partial charge is 0.385 e. The first-order valence-electron chi connectivity index (χ1n) is 9.58. The lowest BCUT2D eigenvalue weighted by molar-refractivity contribution is 0.0943. The van der Waals surface area contributed by atoms with Gasteiger partial charge in [-0.3, -0.25) is 9.59 Å². The number of hydrogen-bond acceptors (Lipinski definition) is 5. The molecule has 2 amide bonds. The van der Waals surface area contributed by atoms with Gasteiger partial charge in [0.1, 0.15) is 11.4 Å². The molecule has 0 atom stereocenters. The second kappa shape index (κ2) is 9.85. The third-order valence-corrected chi connectivity index (χ3v) is 4.62. The zero-order valence-corrected chi connectivity index (χ0v) is 16.1. The summed E-state index contributed by atoms with van der Waals surface area (Å²) < 4.78 is 4.95. The lowest BCUT2D eigenvalue weighted by Gasteiger charge is -2.17. The molecule has 7 heteroatoms. The number of pyridine rings is 1. The number of aromatic nitrogens is 1. The average Bonchev–Trinajstić information content (AvgIpc) is 3.26. The number of nitrogens with one attached hydrogen (secondary N) is 2. The molecule has 7 nitrogen and oxygen atoms in total. The van der Waals surface area contributed by atoms with Gasteiger partial charge in [-0.25, -0.2) is 4.98 Å². The van der Waals surface area contributed by atoms with Crippen LogP contribution in [0.4, 0.5) is 11.4 Å². The van der Waals surface area contributed by atoms with Crippen LogP contribution in [0.15, 0.2) is 42.5 Å². The average molecular weight is 382 g/mol. The Bertz CT molecular complexity index is 802. The predicted octanol–water partition coefficient (Wildman–Crippen LogP) is 2.70. The molecular weight excluding hydrogens is 356 g/mol. The molecule has 0 unspecified atom stereocenters. The van der Waals surface area contributed by atoms with Crippen LogP contribution in [0.2, 0.25) is 0 Å². The standard InChI is InChI=1S/C21H26N4O3/c1-28-15-5-12-22-20(26)18-6-4-7-19(24-18)21(27)23-16-8-10-17(11-9-16)25-13-2-3-14-25/h4,6-11H,2-3,5,12-15H2,1H3,(H,22,26)(H,23,27). The Morgan fingerprint density at radius 3 is 2.39 bits per heavy atom. The van der Waals surface area contributed by atoms with E-state index in [9.17, 15) is 9.59 Å². The molecular formula is C21H26N4O3. The molecule has 2 N–H and O–H groups in total. The molecule has 28 heavy (non-hydrogen) atoms. The predicted molar refractivity (Wildman–Crippen MR) is 109 cm³/mol. The lowest BCUT2D eigenvalue weighted by Crippen LogP contribution is -2.27. The zero-order chi connectivity index (χ0) is 19.8. The summed E-state index contributed by atoms with van der Waals surface area (Å²) >= 11 is 0. The van der Waals surface area contributed by atoms with Crippen molar-refractivity contribution in [2.24, 2.45) is 0 Å². The number of carbonyl (C=O) groups excluding carboxylic acids is 2. The summed E-state index contributed by atoms with van der Waals surface area (Å²) in [6.07, 6.45) is 3.16. The fourth-order valence-electron chi connectivity index (χ4n) is 3.12. The first kappa shape index (κ1) is 19.8. The second-order valence-corrected chi connectivity index (χ2v) is 6.71. The van der Waals surface area contributed by atoms with Crippen LogP contribution in [-0.2, 0) is 4.74 Å². The molecule has 0 aliphatic carbocycles. The van der Waals surface area contributed by atoms with Crippen LogP contribution >= 0.6 is 0 Å². The lowest BCUT2D eigenvalue weighted by atomic mass is 10.2. The Labute approximate surface area is 165 Å². The van der Waals surface area contributed by atoms with Crippen molar-refractivity contribution in [2.45, 2.75) is 19.3 Å². The summed E-state index contributed by atoms with van der Waals surface area (Å²) in [5.74, 6) is -0.649. The topological polar surface area (TPSA) is 83.6 Å². The summed E-state index contributed by atoms with van der Waals surface area (Å²) in [6.45, 7) is 3.23. The van der Waals surface area contributed by atoms with E-state index >= 15 is 0 Å². The second-order valence-electron chi connectivity index (χ2n) is 6.71. The molecule has 1 aromatic heterocycles. The summed E-state index contributed by atoms with van der Waals surface area (Å²) in [6, 6.07) is 12.6. The number of carbonyl (C=O) groups is 2. The van der Waals surface area contributed by atoms with E-state index in [2.05, 4.69) is 20.5 Å². The number of nitrogens with zero attached hydrogens (tertiary/aromatic N) is 2. The normalized spacial score (nSPS) is 13.4. The van der Waals surface area contributed by atoms with Gasteiger partial charge in [0.2, 0.25) is 0 Å². The summed E-state index contributed by atoms with van der Waals surface area (Å²) in [4.78, 5) is 31.2. The molecule has 1 fully saturated rings. The van der Waals surface area contributed by atoms with Gasteiger partial charge in [0, 0.05) is 44.7 Å². The number of rotatable bonds is 8. The van der Waals surface area contributed by atoms with Crippen LogP contribution in [-0.4, -0.2) is 50.1 Å².